The summed E-state index contributed by atoms with van der Waals surface area (Å²) >= 11 is 0. The Kier molecular flexibility index (Phi) is 4.92. The molecule has 4 rings (SSSR count). The van der Waals surface area contributed by atoms with Crippen LogP contribution in [0.15, 0.2) is 66.4 Å². The van der Waals surface area contributed by atoms with Gasteiger partial charge >= 0.3 is 6.09 Å². The molecule has 1 aliphatic carbocycles. The number of carbonyl (C=O) groups is 1. The molecule has 1 heterocycles. The molecule has 0 saturated carbocycles. The van der Waals surface area contributed by atoms with Crippen molar-refractivity contribution in [3.05, 3.63) is 89.0 Å². The van der Waals surface area contributed by atoms with Crippen LogP contribution in [0.25, 0.3) is 11.8 Å². The molecule has 0 fully saturated rings. The molecule has 1 aromatic heterocycles. The maximum absolute atomic E-state index is 13.2. The lowest BCUT2D eigenvalue weighted by molar-refractivity contribution is 0.131. The van der Waals surface area contributed by atoms with Crippen molar-refractivity contribution in [2.24, 2.45) is 0 Å². The molecule has 1 aliphatic rings. The highest BCUT2D eigenvalue weighted by molar-refractivity contribution is 5.71. The molecule has 2 aromatic carbocycles. The van der Waals surface area contributed by atoms with Gasteiger partial charge < -0.3 is 10.1 Å². The van der Waals surface area contributed by atoms with Gasteiger partial charge in [-0.15, -0.1) is 0 Å². The second kappa shape index (κ2) is 7.54. The number of benzene rings is 2. The van der Waals surface area contributed by atoms with E-state index in [0.29, 0.717) is 6.42 Å². The normalized spacial score (nSPS) is 18.0. The third-order valence-corrected chi connectivity index (χ3v) is 5.32. The van der Waals surface area contributed by atoms with Crippen molar-refractivity contribution in [1.82, 2.24) is 15.1 Å². The van der Waals surface area contributed by atoms with Crippen molar-refractivity contribution in [3.63, 3.8) is 0 Å². The van der Waals surface area contributed by atoms with Crippen molar-refractivity contribution in [2.45, 2.75) is 32.4 Å². The lowest BCUT2D eigenvalue weighted by Gasteiger charge is -2.34. The van der Waals surface area contributed by atoms with Gasteiger partial charge in [-0.2, -0.15) is 5.10 Å². The predicted molar refractivity (Wildman–Crippen MR) is 109 cm³/mol. The molecule has 3 aromatic rings. The molecule has 29 heavy (non-hydrogen) atoms. The number of aromatic nitrogens is 2. The Hall–Kier alpha value is -3.41. The van der Waals surface area contributed by atoms with E-state index >= 15 is 0 Å². The Morgan fingerprint density at radius 3 is 2.66 bits per heavy atom. The first-order valence-electron chi connectivity index (χ1n) is 9.45. The van der Waals surface area contributed by atoms with Crippen LogP contribution in [0.3, 0.4) is 0 Å². The first kappa shape index (κ1) is 18.9. The number of ether oxygens (including phenoxy) is 1. The summed E-state index contributed by atoms with van der Waals surface area (Å²) in [5.41, 5.74) is 4.08. The second-order valence-electron chi connectivity index (χ2n) is 7.47. The summed E-state index contributed by atoms with van der Waals surface area (Å²) in [4.78, 5) is 12.4. The van der Waals surface area contributed by atoms with Crippen LogP contribution >= 0.6 is 0 Å². The smallest absolute Gasteiger partial charge is 0.408 e. The molecular weight excluding hydrogens is 369 g/mol. The fraction of sp³-hybridized carbons (Fsp3) is 0.217. The molecule has 0 saturated heterocycles. The van der Waals surface area contributed by atoms with Crippen LogP contribution in [0.5, 0.6) is 0 Å². The van der Waals surface area contributed by atoms with Gasteiger partial charge in [0.1, 0.15) is 12.4 Å². The summed E-state index contributed by atoms with van der Waals surface area (Å²) in [6.07, 6.45) is 3.93. The molecule has 0 bridgehead atoms. The fourth-order valence-electron chi connectivity index (χ4n) is 3.48. The topological polar surface area (TPSA) is 56.2 Å². The van der Waals surface area contributed by atoms with Crippen LogP contribution in [0.1, 0.15) is 30.7 Å². The van der Waals surface area contributed by atoms with E-state index < -0.39 is 11.6 Å². The number of rotatable bonds is 4. The predicted octanol–water partition coefficient (Wildman–Crippen LogP) is 4.66. The Labute approximate surface area is 168 Å². The van der Waals surface area contributed by atoms with Crippen LogP contribution in [0.4, 0.5) is 9.18 Å². The van der Waals surface area contributed by atoms with Crippen LogP contribution in [-0.4, -0.2) is 21.4 Å². The Morgan fingerprint density at radius 2 is 1.93 bits per heavy atom. The number of hydrogen-bond acceptors (Lipinski definition) is 3. The number of alkyl carbamates (subject to hydrolysis) is 1. The first-order chi connectivity index (χ1) is 13.9. The summed E-state index contributed by atoms with van der Waals surface area (Å²) in [6.45, 7) is 4.17. The fourth-order valence-corrected chi connectivity index (χ4v) is 3.48. The van der Waals surface area contributed by atoms with Crippen molar-refractivity contribution in [1.29, 1.82) is 0 Å². The van der Waals surface area contributed by atoms with Gasteiger partial charge in [-0.1, -0.05) is 30.3 Å². The van der Waals surface area contributed by atoms with E-state index in [0.717, 1.165) is 28.1 Å². The van der Waals surface area contributed by atoms with E-state index in [1.807, 2.05) is 50.3 Å². The average Bonchev–Trinajstić information content (AvgIpc) is 3.10. The third-order valence-electron chi connectivity index (χ3n) is 5.32. The SMILES string of the molecule is CC1=Cc2c(cnn2-c2ccc(F)cc2)C[C@]1(C)NC(=O)OCc1ccccc1. The molecule has 5 nitrogen and oxygen atoms in total. The van der Waals surface area contributed by atoms with E-state index in [1.165, 1.54) is 12.1 Å². The standard InChI is InChI=1S/C23H22FN3O2/c1-16-12-21-18(14-25-27(21)20-10-8-19(24)9-11-20)13-23(16,2)26-22(28)29-15-17-6-4-3-5-7-17/h3-12,14H,13,15H2,1-2H3,(H,26,28)/t23-/m0/s1. The maximum atomic E-state index is 13.2. The van der Waals surface area contributed by atoms with Crippen LogP contribution in [-0.2, 0) is 17.8 Å². The Balaban J connectivity index is 1.49. The number of nitrogens with one attached hydrogen (secondary N) is 1. The first-order valence-corrected chi connectivity index (χ1v) is 9.45. The zero-order valence-electron chi connectivity index (χ0n) is 16.4. The number of halogens is 1. The largest absolute Gasteiger partial charge is 0.445 e. The highest BCUT2D eigenvalue weighted by atomic mass is 19.1. The zero-order valence-corrected chi connectivity index (χ0v) is 16.4. The van der Waals surface area contributed by atoms with E-state index in [-0.39, 0.29) is 12.4 Å². The van der Waals surface area contributed by atoms with Gasteiger partial charge in [0.25, 0.3) is 0 Å². The van der Waals surface area contributed by atoms with Gasteiger partial charge in [0.2, 0.25) is 0 Å². The maximum Gasteiger partial charge on any atom is 0.408 e. The summed E-state index contributed by atoms with van der Waals surface area (Å²) < 4.78 is 20.4. The van der Waals surface area contributed by atoms with Crippen LogP contribution in [0.2, 0.25) is 0 Å². The molecule has 1 N–H and O–H groups in total. The molecule has 0 aliphatic heterocycles. The number of hydrogen-bond donors (Lipinski definition) is 1. The lowest BCUT2D eigenvalue weighted by Crippen LogP contribution is -2.49. The lowest BCUT2D eigenvalue weighted by atomic mass is 9.81. The minimum atomic E-state index is -0.572. The molecular formula is C23H22FN3O2. The number of nitrogens with zero attached hydrogens (tertiary/aromatic N) is 2. The van der Waals surface area contributed by atoms with E-state index in [1.54, 1.807) is 23.0 Å². The molecule has 0 spiro atoms. The van der Waals surface area contributed by atoms with Gasteiger partial charge in [-0.3, -0.25) is 0 Å². The second-order valence-corrected chi connectivity index (χ2v) is 7.47. The minimum absolute atomic E-state index is 0.221. The average molecular weight is 391 g/mol. The molecule has 148 valence electrons. The quantitative estimate of drug-likeness (QED) is 0.704. The summed E-state index contributed by atoms with van der Waals surface area (Å²) in [5.74, 6) is -0.285. The minimum Gasteiger partial charge on any atom is -0.445 e. The van der Waals surface area contributed by atoms with Gasteiger partial charge in [0, 0.05) is 12.0 Å². The van der Waals surface area contributed by atoms with Gasteiger partial charge in [0.05, 0.1) is 23.1 Å². The van der Waals surface area contributed by atoms with E-state index in [9.17, 15) is 9.18 Å². The van der Waals surface area contributed by atoms with Crippen molar-refractivity contribution >= 4 is 12.2 Å². The van der Waals surface area contributed by atoms with Crippen molar-refractivity contribution in [2.75, 3.05) is 0 Å². The van der Waals surface area contributed by atoms with E-state index in [4.69, 9.17) is 4.74 Å². The van der Waals surface area contributed by atoms with Crippen LogP contribution < -0.4 is 5.32 Å². The van der Waals surface area contributed by atoms with E-state index in [2.05, 4.69) is 10.4 Å². The summed E-state index contributed by atoms with van der Waals surface area (Å²) in [7, 11) is 0. The number of amides is 1. The van der Waals surface area contributed by atoms with Gasteiger partial charge in [-0.05, 0) is 55.3 Å². The Morgan fingerprint density at radius 1 is 1.21 bits per heavy atom. The highest BCUT2D eigenvalue weighted by Gasteiger charge is 2.34. The monoisotopic (exact) mass is 391 g/mol. The van der Waals surface area contributed by atoms with Gasteiger partial charge in [-0.25, -0.2) is 13.9 Å². The molecule has 1 atom stereocenters. The number of carbonyl (C=O) groups excluding carboxylic acids is 1. The molecule has 6 heteroatoms. The summed E-state index contributed by atoms with van der Waals surface area (Å²) in [5, 5.41) is 7.46. The van der Waals surface area contributed by atoms with Crippen LogP contribution in [0, 0.1) is 5.82 Å². The highest BCUT2D eigenvalue weighted by Crippen LogP contribution is 2.32. The zero-order chi connectivity index (χ0) is 20.4. The molecule has 1 amide bonds. The Bertz CT molecular complexity index is 1060. The van der Waals surface area contributed by atoms with Crippen molar-refractivity contribution in [3.8, 4) is 5.69 Å². The third kappa shape index (κ3) is 3.92. The summed E-state index contributed by atoms with van der Waals surface area (Å²) in [6, 6.07) is 15.8. The number of fused-ring (bicyclic) bond motifs is 1. The molecule has 0 unspecified atom stereocenters. The van der Waals surface area contributed by atoms with Gasteiger partial charge in [0.15, 0.2) is 0 Å². The van der Waals surface area contributed by atoms with Crippen molar-refractivity contribution < 1.29 is 13.9 Å². The molecule has 0 radical (unpaired) electrons.